The topological polar surface area (TPSA) is 113 Å². The Balaban J connectivity index is 1.49. The monoisotopic (exact) mass is 499 g/mol. The van der Waals surface area contributed by atoms with Gasteiger partial charge in [0.1, 0.15) is 5.82 Å². The number of benzene rings is 2. The normalized spacial score (nSPS) is 14.3. The van der Waals surface area contributed by atoms with Gasteiger partial charge in [0.05, 0.1) is 28.0 Å². The molecule has 0 bridgehead atoms. The van der Waals surface area contributed by atoms with Crippen LogP contribution in [-0.2, 0) is 10.0 Å². The molecule has 0 radical (unpaired) electrons. The summed E-state index contributed by atoms with van der Waals surface area (Å²) in [4.78, 5) is 25.6. The van der Waals surface area contributed by atoms with Gasteiger partial charge in [-0.05, 0) is 61.2 Å². The number of hydrogen-bond acceptors (Lipinski definition) is 5. The van der Waals surface area contributed by atoms with Gasteiger partial charge in [-0.2, -0.15) is 9.40 Å². The van der Waals surface area contributed by atoms with Gasteiger partial charge in [-0.1, -0.05) is 19.9 Å². The highest BCUT2D eigenvalue weighted by molar-refractivity contribution is 7.89. The van der Waals surface area contributed by atoms with Gasteiger partial charge >= 0.3 is 0 Å². The Kier molecular flexibility index (Phi) is 6.99. The molecule has 9 nitrogen and oxygen atoms in total. The highest BCUT2D eigenvalue weighted by Crippen LogP contribution is 2.24. The molecule has 0 spiro atoms. The summed E-state index contributed by atoms with van der Waals surface area (Å²) in [6.07, 6.45) is 2.99. The lowest BCUT2D eigenvalue weighted by Gasteiger charge is -2.16. The predicted octanol–water partition coefficient (Wildman–Crippen LogP) is 2.99. The Morgan fingerprint density at radius 3 is 2.31 bits per heavy atom. The summed E-state index contributed by atoms with van der Waals surface area (Å²) in [5.74, 6) is -1.73. The number of carbonyl (C=O) groups excluding carboxylic acids is 2. The molecule has 1 aliphatic rings. The molecule has 0 aliphatic carbocycles. The molecular formula is C24H26FN5O4S. The predicted molar refractivity (Wildman–Crippen MR) is 127 cm³/mol. The maximum Gasteiger partial charge on any atom is 0.273 e. The maximum atomic E-state index is 13.3. The fraction of sp³-hybridized carbons (Fsp3) is 0.292. The van der Waals surface area contributed by atoms with Gasteiger partial charge in [-0.3, -0.25) is 20.4 Å². The van der Waals surface area contributed by atoms with Crippen LogP contribution in [0.15, 0.2) is 59.6 Å². The second-order valence-electron chi connectivity index (χ2n) is 8.53. The first-order valence-electron chi connectivity index (χ1n) is 11.2. The number of sulfonamides is 1. The summed E-state index contributed by atoms with van der Waals surface area (Å²) in [6, 6.07) is 11.4. The van der Waals surface area contributed by atoms with Crippen molar-refractivity contribution < 1.29 is 22.4 Å². The van der Waals surface area contributed by atoms with Gasteiger partial charge in [0.15, 0.2) is 0 Å². The zero-order valence-corrected chi connectivity index (χ0v) is 20.2. The largest absolute Gasteiger partial charge is 0.273 e. The molecule has 35 heavy (non-hydrogen) atoms. The summed E-state index contributed by atoms with van der Waals surface area (Å²) < 4.78 is 41.8. The first kappa shape index (κ1) is 24.6. The Hall–Kier alpha value is -3.57. The van der Waals surface area contributed by atoms with Crippen LogP contribution in [-0.4, -0.2) is 47.4 Å². The molecule has 184 valence electrons. The van der Waals surface area contributed by atoms with Gasteiger partial charge in [-0.25, -0.2) is 17.5 Å². The molecule has 2 N–H and O–H groups in total. The Labute approximate surface area is 203 Å². The first-order valence-corrected chi connectivity index (χ1v) is 12.7. The summed E-state index contributed by atoms with van der Waals surface area (Å²) >= 11 is 0. The summed E-state index contributed by atoms with van der Waals surface area (Å²) in [6.45, 7) is 4.69. The van der Waals surface area contributed by atoms with Crippen molar-refractivity contribution in [2.24, 2.45) is 0 Å². The number of aromatic nitrogens is 2. The molecule has 0 saturated carbocycles. The van der Waals surface area contributed by atoms with Crippen molar-refractivity contribution in [3.63, 3.8) is 0 Å². The molecule has 1 fully saturated rings. The number of amides is 2. The van der Waals surface area contributed by atoms with Crippen LogP contribution in [0, 0.1) is 5.82 Å². The molecule has 0 atom stereocenters. The third-order valence-electron chi connectivity index (χ3n) is 5.76. The quantitative estimate of drug-likeness (QED) is 0.506. The van der Waals surface area contributed by atoms with Gasteiger partial charge in [0.2, 0.25) is 10.0 Å². The van der Waals surface area contributed by atoms with Crippen LogP contribution < -0.4 is 10.9 Å². The second-order valence-corrected chi connectivity index (χ2v) is 10.5. The summed E-state index contributed by atoms with van der Waals surface area (Å²) in [5.41, 5.74) is 6.22. The Morgan fingerprint density at radius 1 is 1.00 bits per heavy atom. The number of hydrogen-bond donors (Lipinski definition) is 2. The van der Waals surface area contributed by atoms with Crippen LogP contribution in [0.1, 0.15) is 59.0 Å². The number of hydrazine groups is 1. The number of nitrogens with one attached hydrogen (secondary N) is 2. The number of carbonyl (C=O) groups is 2. The van der Waals surface area contributed by atoms with E-state index >= 15 is 0 Å². The lowest BCUT2D eigenvalue weighted by Crippen LogP contribution is -2.42. The van der Waals surface area contributed by atoms with E-state index in [1.54, 1.807) is 16.8 Å². The van der Waals surface area contributed by atoms with Gasteiger partial charge < -0.3 is 0 Å². The van der Waals surface area contributed by atoms with Crippen LogP contribution >= 0.6 is 0 Å². The third kappa shape index (κ3) is 5.10. The molecule has 1 aliphatic heterocycles. The van der Waals surface area contributed by atoms with Crippen molar-refractivity contribution in [1.82, 2.24) is 24.9 Å². The van der Waals surface area contributed by atoms with Crippen LogP contribution in [0.5, 0.6) is 0 Å². The molecule has 3 aromatic rings. The summed E-state index contributed by atoms with van der Waals surface area (Å²) in [5, 5.41) is 4.27. The van der Waals surface area contributed by atoms with Crippen LogP contribution in [0.3, 0.4) is 0 Å². The van der Waals surface area contributed by atoms with Crippen LogP contribution in [0.4, 0.5) is 4.39 Å². The minimum absolute atomic E-state index is 0.0287. The summed E-state index contributed by atoms with van der Waals surface area (Å²) in [7, 11) is -3.68. The van der Waals surface area contributed by atoms with Crippen LogP contribution in [0.25, 0.3) is 5.69 Å². The van der Waals surface area contributed by atoms with E-state index in [2.05, 4.69) is 16.0 Å². The van der Waals surface area contributed by atoms with Crippen molar-refractivity contribution >= 4 is 21.8 Å². The molecule has 0 unspecified atom stereocenters. The van der Waals surface area contributed by atoms with E-state index in [1.807, 2.05) is 13.8 Å². The molecule has 1 saturated heterocycles. The minimum Gasteiger partial charge on any atom is -0.267 e. The smallest absolute Gasteiger partial charge is 0.267 e. The molecule has 1 aromatic heterocycles. The molecule has 11 heteroatoms. The van der Waals surface area contributed by atoms with E-state index in [-0.39, 0.29) is 27.8 Å². The second kappa shape index (κ2) is 9.96. The zero-order valence-electron chi connectivity index (χ0n) is 19.4. The zero-order chi connectivity index (χ0) is 25.2. The van der Waals surface area contributed by atoms with E-state index < -0.39 is 21.8 Å². The number of nitrogens with zero attached hydrogens (tertiary/aromatic N) is 3. The average Bonchev–Trinajstić information content (AvgIpc) is 3.54. The van der Waals surface area contributed by atoms with Gasteiger partial charge in [0.25, 0.3) is 11.8 Å². The van der Waals surface area contributed by atoms with E-state index in [4.69, 9.17) is 0 Å². The van der Waals surface area contributed by atoms with Crippen molar-refractivity contribution in [1.29, 1.82) is 0 Å². The maximum absolute atomic E-state index is 13.3. The van der Waals surface area contributed by atoms with Gasteiger partial charge in [-0.15, -0.1) is 0 Å². The first-order chi connectivity index (χ1) is 16.7. The SMILES string of the molecule is CC(C)c1c(C(=O)NNC(=O)c2cccc(S(=O)(=O)N3CCCC3)c2)cnn1-c1ccc(F)cc1. The van der Waals surface area contributed by atoms with E-state index in [1.165, 1.54) is 46.9 Å². The highest BCUT2D eigenvalue weighted by Gasteiger charge is 2.28. The Bertz CT molecular complexity index is 1350. The van der Waals surface area contributed by atoms with Crippen LogP contribution in [0.2, 0.25) is 0 Å². The molecular weight excluding hydrogens is 473 g/mol. The van der Waals surface area contributed by atoms with E-state index in [9.17, 15) is 22.4 Å². The molecule has 2 amide bonds. The lowest BCUT2D eigenvalue weighted by atomic mass is 10.1. The standard InChI is InChI=1S/C24H26FN5O4S/c1-16(2)22-21(15-26-30(22)19-10-8-18(25)9-11-19)24(32)28-27-23(31)17-6-5-7-20(14-17)35(33,34)29-12-3-4-13-29/h5-11,14-16H,3-4,12-13H2,1-2H3,(H,27,31)(H,28,32). The number of halogens is 1. The van der Waals surface area contributed by atoms with Gasteiger partial charge in [0, 0.05) is 18.7 Å². The Morgan fingerprint density at radius 2 is 1.66 bits per heavy atom. The molecule has 4 rings (SSSR count). The minimum atomic E-state index is -3.68. The molecule has 2 heterocycles. The lowest BCUT2D eigenvalue weighted by molar-refractivity contribution is 0.0846. The van der Waals surface area contributed by atoms with Crippen molar-refractivity contribution in [2.75, 3.05) is 13.1 Å². The van der Waals surface area contributed by atoms with E-state index in [0.29, 0.717) is 24.5 Å². The number of rotatable bonds is 6. The fourth-order valence-corrected chi connectivity index (χ4v) is 5.57. The van der Waals surface area contributed by atoms with Crippen molar-refractivity contribution in [2.45, 2.75) is 37.5 Å². The molecule has 2 aromatic carbocycles. The highest BCUT2D eigenvalue weighted by atomic mass is 32.2. The van der Waals surface area contributed by atoms with Crippen molar-refractivity contribution in [3.05, 3.63) is 77.4 Å². The third-order valence-corrected chi connectivity index (χ3v) is 7.65. The van der Waals surface area contributed by atoms with E-state index in [0.717, 1.165) is 12.8 Å². The fourth-order valence-electron chi connectivity index (χ4n) is 4.00. The van der Waals surface area contributed by atoms with Crippen molar-refractivity contribution in [3.8, 4) is 5.69 Å². The average molecular weight is 500 g/mol.